The van der Waals surface area contributed by atoms with Gasteiger partial charge in [0.15, 0.2) is 0 Å². The second-order valence-electron chi connectivity index (χ2n) is 11.5. The van der Waals surface area contributed by atoms with Gasteiger partial charge < -0.3 is 25.0 Å². The summed E-state index contributed by atoms with van der Waals surface area (Å²) in [7, 11) is 2.16. The van der Waals surface area contributed by atoms with Crippen LogP contribution in [0.5, 0.6) is 11.8 Å². The highest BCUT2D eigenvalue weighted by Gasteiger charge is 2.40. The number of carbonyl (C=O) groups is 1. The number of phenolic OH excluding ortho intramolecular Hbond substituents is 1. The fraction of sp³-hybridized carbons (Fsp3) is 0.516. The number of hydrogen-bond donors (Lipinski definition) is 2. The number of aryl methyl sites for hydroxylation is 1. The Kier molecular flexibility index (Phi) is 7.46. The summed E-state index contributed by atoms with van der Waals surface area (Å²) >= 11 is 0. The SMILES string of the molecule is CCCC1(COc2nc3c(c(N4CCNCC4)n2)C(=O)N(c2cc(O)cc4ccc(F)c(CC)c24)C3)CCCN1C. The van der Waals surface area contributed by atoms with Crippen LogP contribution in [0.15, 0.2) is 24.3 Å². The molecule has 2 aromatic carbocycles. The van der Waals surface area contributed by atoms with Gasteiger partial charge in [-0.25, -0.2) is 4.39 Å². The van der Waals surface area contributed by atoms with Crippen molar-refractivity contribution in [3.05, 3.63) is 46.9 Å². The Morgan fingerprint density at radius 2 is 1.95 bits per heavy atom. The number of carbonyl (C=O) groups excluding carboxylic acids is 1. The van der Waals surface area contributed by atoms with Crippen LogP contribution in [-0.2, 0) is 13.0 Å². The molecule has 1 aromatic heterocycles. The molecule has 1 unspecified atom stereocenters. The number of nitrogens with one attached hydrogen (secondary N) is 1. The van der Waals surface area contributed by atoms with Gasteiger partial charge >= 0.3 is 6.01 Å². The number of ether oxygens (including phenoxy) is 1. The van der Waals surface area contributed by atoms with Crippen molar-refractivity contribution in [1.82, 2.24) is 20.2 Å². The van der Waals surface area contributed by atoms with Crippen molar-refractivity contribution >= 4 is 28.2 Å². The second-order valence-corrected chi connectivity index (χ2v) is 11.5. The number of anilines is 2. The number of nitrogens with zero attached hydrogens (tertiary/aromatic N) is 5. The van der Waals surface area contributed by atoms with Crippen LogP contribution in [0.2, 0.25) is 0 Å². The summed E-state index contributed by atoms with van der Waals surface area (Å²) in [5.74, 6) is 0.0150. The molecule has 0 spiro atoms. The van der Waals surface area contributed by atoms with Gasteiger partial charge in [-0.05, 0) is 62.4 Å². The van der Waals surface area contributed by atoms with Crippen LogP contribution >= 0.6 is 0 Å². The van der Waals surface area contributed by atoms with Crippen LogP contribution in [0.25, 0.3) is 10.8 Å². The summed E-state index contributed by atoms with van der Waals surface area (Å²) in [5.41, 5.74) is 1.98. The van der Waals surface area contributed by atoms with E-state index in [9.17, 15) is 14.3 Å². The molecule has 3 aliphatic heterocycles. The average Bonchev–Trinajstić information content (AvgIpc) is 3.51. The highest BCUT2D eigenvalue weighted by atomic mass is 19.1. The molecule has 3 aromatic rings. The number of amides is 1. The number of likely N-dealkylation sites (N-methyl/N-ethyl adjacent to an activating group) is 1. The maximum atomic E-state index is 14.9. The Bertz CT molecular complexity index is 1480. The standard InChI is InChI=1S/C31H39FN6O3/c1-4-9-31(10-6-13-36(31)3)19-41-30-34-24-18-38(29(40)27(24)28(35-30)37-14-11-33-12-15-37)25-17-21(39)16-20-7-8-23(32)22(5-2)26(20)25/h7-8,16-17,33,39H,4-6,9-15,18-19H2,1-3H3. The van der Waals surface area contributed by atoms with Gasteiger partial charge in [0.25, 0.3) is 5.91 Å². The van der Waals surface area contributed by atoms with Crippen LogP contribution in [-0.4, -0.2) is 77.8 Å². The van der Waals surface area contributed by atoms with Gasteiger partial charge in [-0.1, -0.05) is 26.3 Å². The first-order valence-electron chi connectivity index (χ1n) is 14.8. The number of benzene rings is 2. The first-order chi connectivity index (χ1) is 19.8. The molecule has 1 amide bonds. The van der Waals surface area contributed by atoms with E-state index in [0.29, 0.717) is 65.2 Å². The van der Waals surface area contributed by atoms with Crippen LogP contribution in [0, 0.1) is 5.82 Å². The van der Waals surface area contributed by atoms with Gasteiger partial charge in [0.05, 0.1) is 23.5 Å². The number of piperazine rings is 1. The van der Waals surface area contributed by atoms with Crippen LogP contribution in [0.1, 0.15) is 61.1 Å². The maximum absolute atomic E-state index is 14.9. The Hall–Kier alpha value is -3.50. The third kappa shape index (κ3) is 4.86. The molecule has 10 heteroatoms. The van der Waals surface area contributed by atoms with Gasteiger partial charge in [0.1, 0.15) is 29.6 Å². The zero-order chi connectivity index (χ0) is 28.7. The predicted molar refractivity (Wildman–Crippen MR) is 158 cm³/mol. The zero-order valence-electron chi connectivity index (χ0n) is 24.2. The molecule has 2 saturated heterocycles. The lowest BCUT2D eigenvalue weighted by Gasteiger charge is -2.35. The molecule has 0 bridgehead atoms. The molecular formula is C31H39FN6O3. The molecule has 41 heavy (non-hydrogen) atoms. The number of fused-ring (bicyclic) bond motifs is 2. The number of halogens is 1. The summed E-state index contributed by atoms with van der Waals surface area (Å²) < 4.78 is 21.3. The van der Waals surface area contributed by atoms with Crippen molar-refractivity contribution < 1.29 is 19.0 Å². The van der Waals surface area contributed by atoms with E-state index < -0.39 is 0 Å². The summed E-state index contributed by atoms with van der Waals surface area (Å²) in [6.07, 6.45) is 4.76. The minimum atomic E-state index is -0.328. The van der Waals surface area contributed by atoms with Crippen molar-refractivity contribution in [1.29, 1.82) is 0 Å². The topological polar surface area (TPSA) is 94.1 Å². The third-order valence-electron chi connectivity index (χ3n) is 9.03. The van der Waals surface area contributed by atoms with Crippen LogP contribution < -0.4 is 19.9 Å². The van der Waals surface area contributed by atoms with Gasteiger partial charge in [-0.3, -0.25) is 9.69 Å². The average molecular weight is 563 g/mol. The number of rotatable bonds is 8. The quantitative estimate of drug-likeness (QED) is 0.421. The summed E-state index contributed by atoms with van der Waals surface area (Å²) in [4.78, 5) is 29.9. The van der Waals surface area contributed by atoms with E-state index >= 15 is 0 Å². The number of aromatic nitrogens is 2. The van der Waals surface area contributed by atoms with Gasteiger partial charge in [-0.2, -0.15) is 9.97 Å². The molecule has 4 heterocycles. The van der Waals surface area contributed by atoms with Crippen LogP contribution in [0.3, 0.4) is 0 Å². The molecule has 0 aliphatic carbocycles. The molecule has 2 N–H and O–H groups in total. The summed E-state index contributed by atoms with van der Waals surface area (Å²) in [5, 5.41) is 15.2. The Balaban J connectivity index is 1.41. The number of phenols is 1. The lowest BCUT2D eigenvalue weighted by atomic mass is 9.92. The molecule has 9 nitrogen and oxygen atoms in total. The fourth-order valence-electron chi connectivity index (χ4n) is 6.87. The minimum Gasteiger partial charge on any atom is -0.508 e. The monoisotopic (exact) mass is 562 g/mol. The Labute approximate surface area is 240 Å². The smallest absolute Gasteiger partial charge is 0.318 e. The first kappa shape index (κ1) is 27.7. The number of hydrogen-bond acceptors (Lipinski definition) is 8. The van der Waals surface area contributed by atoms with E-state index in [2.05, 4.69) is 29.1 Å². The fourth-order valence-corrected chi connectivity index (χ4v) is 6.87. The molecule has 218 valence electrons. The molecule has 3 aliphatic rings. The normalized spacial score (nSPS) is 21.2. The van der Waals surface area contributed by atoms with Gasteiger partial charge in [-0.15, -0.1) is 0 Å². The summed E-state index contributed by atoms with van der Waals surface area (Å²) in [6, 6.07) is 6.49. The molecule has 1 atom stereocenters. The van der Waals surface area contributed by atoms with E-state index in [0.717, 1.165) is 45.3 Å². The van der Waals surface area contributed by atoms with E-state index in [4.69, 9.17) is 14.7 Å². The summed E-state index contributed by atoms with van der Waals surface area (Å²) in [6.45, 7) is 8.79. The predicted octanol–water partition coefficient (Wildman–Crippen LogP) is 4.25. The van der Waals surface area contributed by atoms with E-state index in [1.807, 2.05) is 6.92 Å². The third-order valence-corrected chi connectivity index (χ3v) is 9.03. The maximum Gasteiger partial charge on any atom is 0.318 e. The Morgan fingerprint density at radius 3 is 2.66 bits per heavy atom. The highest BCUT2D eigenvalue weighted by Crippen LogP contribution is 2.41. The van der Waals surface area contributed by atoms with E-state index in [1.54, 1.807) is 23.1 Å². The number of likely N-dealkylation sites (tertiary alicyclic amines) is 1. The lowest BCUT2D eigenvalue weighted by molar-refractivity contribution is 0.0824. The molecule has 0 saturated carbocycles. The highest BCUT2D eigenvalue weighted by molar-refractivity contribution is 6.16. The van der Waals surface area contributed by atoms with Crippen molar-refractivity contribution in [3.63, 3.8) is 0 Å². The van der Waals surface area contributed by atoms with E-state index in [-0.39, 0.29) is 35.6 Å². The van der Waals surface area contributed by atoms with Crippen molar-refractivity contribution in [2.45, 2.75) is 58.0 Å². The minimum absolute atomic E-state index is 0.0178. The van der Waals surface area contributed by atoms with Gasteiger partial charge in [0, 0.05) is 37.6 Å². The largest absolute Gasteiger partial charge is 0.508 e. The molecule has 6 rings (SSSR count). The lowest BCUT2D eigenvalue weighted by Crippen LogP contribution is -2.46. The van der Waals surface area contributed by atoms with Gasteiger partial charge in [0.2, 0.25) is 0 Å². The second kappa shape index (κ2) is 11.1. The number of aromatic hydroxyl groups is 1. The van der Waals surface area contributed by atoms with Crippen molar-refractivity contribution in [3.8, 4) is 11.8 Å². The Morgan fingerprint density at radius 1 is 1.15 bits per heavy atom. The molecule has 0 radical (unpaired) electrons. The van der Waals surface area contributed by atoms with Crippen molar-refractivity contribution in [2.75, 3.05) is 56.2 Å². The molecular weight excluding hydrogens is 523 g/mol. The zero-order valence-corrected chi connectivity index (χ0v) is 24.2. The van der Waals surface area contributed by atoms with Crippen molar-refractivity contribution in [2.24, 2.45) is 0 Å². The van der Waals surface area contributed by atoms with E-state index in [1.165, 1.54) is 6.07 Å². The van der Waals surface area contributed by atoms with Crippen LogP contribution in [0.4, 0.5) is 15.9 Å². The molecule has 2 fully saturated rings. The first-order valence-corrected chi connectivity index (χ1v) is 14.8.